The summed E-state index contributed by atoms with van der Waals surface area (Å²) in [6.07, 6.45) is -1.53. The first-order chi connectivity index (χ1) is 14.8. The summed E-state index contributed by atoms with van der Waals surface area (Å²) in [4.78, 5) is 22.8. The first-order valence-corrected chi connectivity index (χ1v) is 10.3. The molecule has 1 aliphatic carbocycles. The van der Waals surface area contributed by atoms with Crippen LogP contribution in [-0.4, -0.2) is 47.2 Å². The van der Waals surface area contributed by atoms with Crippen LogP contribution in [0.4, 0.5) is 24.5 Å². The van der Waals surface area contributed by atoms with Gasteiger partial charge < -0.3 is 20.1 Å². The van der Waals surface area contributed by atoms with Crippen molar-refractivity contribution in [1.29, 1.82) is 0 Å². The molecule has 4 rings (SSSR count). The number of carboxylic acid groups (broad SMARTS) is 1. The van der Waals surface area contributed by atoms with Crippen molar-refractivity contribution < 1.29 is 32.6 Å². The molecule has 11 heteroatoms. The molecule has 3 N–H and O–H groups in total. The van der Waals surface area contributed by atoms with Crippen molar-refractivity contribution in [1.82, 2.24) is 5.43 Å². The number of carbonyl (C=O) groups is 2. The Hall–Kier alpha value is -2.98. The van der Waals surface area contributed by atoms with Crippen LogP contribution in [0.25, 0.3) is 0 Å². The van der Waals surface area contributed by atoms with Gasteiger partial charge in [0.15, 0.2) is 5.84 Å². The van der Waals surface area contributed by atoms with Gasteiger partial charge in [0.25, 0.3) is 11.9 Å². The Labute approximate surface area is 183 Å². The number of fused-ring (bicyclic) bond motifs is 3. The lowest BCUT2D eigenvalue weighted by molar-refractivity contribution is -0.146. The molecular weight excluding hydrogens is 429 g/mol. The first kappa shape index (κ1) is 23.7. The number of anilines is 2. The van der Waals surface area contributed by atoms with Gasteiger partial charge in [0.2, 0.25) is 0 Å². The lowest BCUT2D eigenvalue weighted by Crippen LogP contribution is -2.55. The maximum absolute atomic E-state index is 13.5. The molecule has 32 heavy (non-hydrogen) atoms. The zero-order valence-electron chi connectivity index (χ0n) is 18.3. The molecule has 2 atom stereocenters. The van der Waals surface area contributed by atoms with Crippen molar-refractivity contribution in [2.75, 3.05) is 16.8 Å². The van der Waals surface area contributed by atoms with Gasteiger partial charge in [0.05, 0.1) is 11.6 Å². The van der Waals surface area contributed by atoms with Gasteiger partial charge >= 0.3 is 6.18 Å². The summed E-state index contributed by atoms with van der Waals surface area (Å²) in [5, 5.41) is 14.8. The summed E-state index contributed by atoms with van der Waals surface area (Å²) in [6, 6.07) is 2.59. The highest BCUT2D eigenvalue weighted by Crippen LogP contribution is 2.47. The minimum Gasteiger partial charge on any atom is -0.483 e. The number of nitrogens with zero attached hydrogens (tertiary/aromatic N) is 2. The topological polar surface area (TPSA) is 103 Å². The predicted molar refractivity (Wildman–Crippen MR) is 113 cm³/mol. The Bertz CT molecular complexity index is 940. The number of nitrogens with one attached hydrogen (secondary N) is 2. The first-order valence-electron chi connectivity index (χ1n) is 10.3. The van der Waals surface area contributed by atoms with E-state index in [0.29, 0.717) is 23.0 Å². The number of alkyl halides is 3. The van der Waals surface area contributed by atoms with E-state index < -0.39 is 24.1 Å². The zero-order chi connectivity index (χ0) is 23.8. The second-order valence-corrected chi connectivity index (χ2v) is 8.57. The van der Waals surface area contributed by atoms with Gasteiger partial charge in [0.1, 0.15) is 18.4 Å². The lowest BCUT2D eigenvalue weighted by atomic mass is 9.78. The average Bonchev–Trinajstić information content (AvgIpc) is 2.67. The highest BCUT2D eigenvalue weighted by Gasteiger charge is 2.42. The largest absolute Gasteiger partial charge is 0.483 e. The molecule has 1 amide bonds. The predicted octanol–water partition coefficient (Wildman–Crippen LogP) is 3.83. The molecule has 1 saturated carbocycles. The van der Waals surface area contributed by atoms with Crippen LogP contribution in [0.2, 0.25) is 0 Å². The Balaban J connectivity index is 0.000000668. The summed E-state index contributed by atoms with van der Waals surface area (Å²) in [5.74, 6) is -1.90. The van der Waals surface area contributed by atoms with Crippen LogP contribution in [-0.2, 0) is 9.59 Å². The monoisotopic (exact) mass is 456 g/mol. The minimum absolute atomic E-state index is 0.0853. The number of hydrazone groups is 1. The second kappa shape index (κ2) is 8.51. The van der Waals surface area contributed by atoms with Gasteiger partial charge in [-0.05, 0) is 57.7 Å². The fourth-order valence-corrected chi connectivity index (χ4v) is 3.89. The van der Waals surface area contributed by atoms with Crippen molar-refractivity contribution in [2.45, 2.75) is 70.6 Å². The van der Waals surface area contributed by atoms with E-state index in [9.17, 15) is 18.0 Å². The number of amides is 1. The third-order valence-electron chi connectivity index (χ3n) is 5.94. The van der Waals surface area contributed by atoms with E-state index >= 15 is 0 Å². The number of hydrogen-bond acceptors (Lipinski definition) is 6. The normalized spacial score (nSPS) is 21.8. The van der Waals surface area contributed by atoms with Crippen molar-refractivity contribution in [3.63, 3.8) is 0 Å². The van der Waals surface area contributed by atoms with E-state index in [1.54, 1.807) is 17.9 Å². The number of aliphatic carboxylic acids is 1. The Morgan fingerprint density at radius 2 is 2.03 bits per heavy atom. The van der Waals surface area contributed by atoms with Gasteiger partial charge in [-0.2, -0.15) is 18.3 Å². The number of ether oxygens (including phenoxy) is 1. The molecule has 0 aromatic heterocycles. The van der Waals surface area contributed by atoms with Crippen LogP contribution in [0.5, 0.6) is 5.75 Å². The minimum atomic E-state index is -4.37. The molecule has 2 heterocycles. The highest BCUT2D eigenvalue weighted by atomic mass is 19.4. The quantitative estimate of drug-likeness (QED) is 0.639. The summed E-state index contributed by atoms with van der Waals surface area (Å²) >= 11 is 0. The third kappa shape index (κ3) is 4.76. The van der Waals surface area contributed by atoms with Crippen LogP contribution < -0.4 is 20.4 Å². The van der Waals surface area contributed by atoms with E-state index in [1.807, 2.05) is 6.92 Å². The summed E-state index contributed by atoms with van der Waals surface area (Å²) in [5.41, 5.74) is 3.34. The van der Waals surface area contributed by atoms with Crippen molar-refractivity contribution in [2.24, 2.45) is 5.10 Å². The molecule has 1 aromatic carbocycles. The number of rotatable bonds is 3. The molecule has 2 aliphatic heterocycles. The summed E-state index contributed by atoms with van der Waals surface area (Å²) in [6.45, 7) is 6.06. The molecule has 176 valence electrons. The van der Waals surface area contributed by atoms with Gasteiger partial charge in [-0.25, -0.2) is 5.43 Å². The van der Waals surface area contributed by atoms with Gasteiger partial charge in [0, 0.05) is 18.2 Å². The molecule has 2 unspecified atom stereocenters. The van der Waals surface area contributed by atoms with Crippen LogP contribution >= 0.6 is 0 Å². The second-order valence-electron chi connectivity index (χ2n) is 8.57. The van der Waals surface area contributed by atoms with E-state index in [4.69, 9.17) is 14.6 Å². The molecule has 0 spiro atoms. The standard InChI is InChI=1S/C19H23F3N4O2.C2H4O2/c1-10(19(20,21)22)12-7-15-14(8-13(12)23-18(3)5-4-6-18)26-11(2)17(27)25-24-16(26)9-28-15;1-2(3)4/h7-8,10-11,23H,4-6,9H2,1-3H3,(H,25,27);1H3,(H,3,4). The van der Waals surface area contributed by atoms with Gasteiger partial charge in [-0.1, -0.05) is 0 Å². The summed E-state index contributed by atoms with van der Waals surface area (Å²) in [7, 11) is 0. The number of benzene rings is 1. The molecule has 0 bridgehead atoms. The van der Waals surface area contributed by atoms with E-state index in [0.717, 1.165) is 33.1 Å². The lowest BCUT2D eigenvalue weighted by Gasteiger charge is -2.42. The van der Waals surface area contributed by atoms with E-state index in [1.165, 1.54) is 6.07 Å². The molecule has 1 fully saturated rings. The molecule has 0 radical (unpaired) electrons. The number of carbonyl (C=O) groups excluding carboxylic acids is 1. The van der Waals surface area contributed by atoms with Crippen LogP contribution in [0.1, 0.15) is 58.4 Å². The van der Waals surface area contributed by atoms with Gasteiger partial charge in [-0.3, -0.25) is 9.59 Å². The van der Waals surface area contributed by atoms with E-state index in [-0.39, 0.29) is 23.6 Å². The maximum Gasteiger partial charge on any atom is 0.395 e. The molecule has 8 nitrogen and oxygen atoms in total. The smallest absolute Gasteiger partial charge is 0.395 e. The van der Waals surface area contributed by atoms with Crippen molar-refractivity contribution >= 4 is 29.1 Å². The van der Waals surface area contributed by atoms with E-state index in [2.05, 4.69) is 15.8 Å². The van der Waals surface area contributed by atoms with Crippen molar-refractivity contribution in [3.05, 3.63) is 17.7 Å². The average molecular weight is 456 g/mol. The van der Waals surface area contributed by atoms with Crippen LogP contribution in [0.3, 0.4) is 0 Å². The molecule has 0 saturated heterocycles. The van der Waals surface area contributed by atoms with Crippen molar-refractivity contribution in [3.8, 4) is 5.75 Å². The van der Waals surface area contributed by atoms with Crippen LogP contribution in [0, 0.1) is 0 Å². The SMILES string of the molecule is CC(=O)O.CC1C(=O)NN=C2COc3cc(C(C)C(F)(F)F)c(NC4(C)CCC4)cc3N21. The fraction of sp³-hybridized carbons (Fsp3) is 0.571. The Kier molecular flexibility index (Phi) is 6.30. The number of halogens is 3. The fourth-order valence-electron chi connectivity index (χ4n) is 3.89. The number of carboxylic acids is 1. The Morgan fingerprint density at radius 3 is 2.56 bits per heavy atom. The molecular formula is C21H27F3N4O4. The van der Waals surface area contributed by atoms with Gasteiger partial charge in [-0.15, -0.1) is 0 Å². The number of hydrogen-bond donors (Lipinski definition) is 3. The maximum atomic E-state index is 13.5. The third-order valence-corrected chi connectivity index (χ3v) is 5.94. The molecule has 1 aromatic rings. The summed E-state index contributed by atoms with van der Waals surface area (Å²) < 4.78 is 46.2. The Morgan fingerprint density at radius 1 is 1.41 bits per heavy atom. The number of amidine groups is 1. The van der Waals surface area contributed by atoms with Crippen LogP contribution in [0.15, 0.2) is 17.2 Å². The zero-order valence-corrected chi connectivity index (χ0v) is 18.3. The molecule has 3 aliphatic rings. The highest BCUT2D eigenvalue weighted by molar-refractivity contribution is 6.09.